The number of hydrogen-bond donors (Lipinski definition) is 3. The van der Waals surface area contributed by atoms with Gasteiger partial charge < -0.3 is 15.7 Å². The van der Waals surface area contributed by atoms with Crippen LogP contribution < -0.4 is 10.6 Å². The number of thioether (sulfide) groups is 1. The van der Waals surface area contributed by atoms with Gasteiger partial charge >= 0.3 is 5.97 Å². The Balaban J connectivity index is 1.45. The minimum absolute atomic E-state index is 0.0637. The molecule has 170 valence electrons. The van der Waals surface area contributed by atoms with E-state index in [1.165, 1.54) is 24.0 Å². The standard InChI is InChI=1S/C25H18ClN3O4S/c26-16-10-11-21(27-13-16)29-22(30)14-34-18-7-3-6-17(12-18)28-24(31)19-8-1-4-15-5-2-9-20(23(15)19)25(32)33/h1-13H,14H2,(H,28,31)(H,32,33)(H,27,29,30). The van der Waals surface area contributed by atoms with Crippen LogP contribution in [0, 0.1) is 0 Å². The summed E-state index contributed by atoms with van der Waals surface area (Å²) in [5, 5.41) is 16.6. The molecule has 0 radical (unpaired) electrons. The highest BCUT2D eigenvalue weighted by atomic mass is 35.5. The van der Waals surface area contributed by atoms with Crippen LogP contribution in [0.1, 0.15) is 20.7 Å². The molecular formula is C25H18ClN3O4S. The fraction of sp³-hybridized carbons (Fsp3) is 0.0400. The van der Waals surface area contributed by atoms with E-state index in [4.69, 9.17) is 11.6 Å². The molecule has 4 aromatic rings. The van der Waals surface area contributed by atoms with Crippen molar-refractivity contribution in [2.75, 3.05) is 16.4 Å². The van der Waals surface area contributed by atoms with Crippen molar-refractivity contribution in [2.24, 2.45) is 0 Å². The third kappa shape index (κ3) is 5.54. The summed E-state index contributed by atoms with van der Waals surface area (Å²) in [5.41, 5.74) is 0.858. The van der Waals surface area contributed by atoms with Gasteiger partial charge in [0, 0.05) is 27.7 Å². The highest BCUT2D eigenvalue weighted by Gasteiger charge is 2.17. The summed E-state index contributed by atoms with van der Waals surface area (Å²) >= 11 is 7.10. The van der Waals surface area contributed by atoms with Gasteiger partial charge in [-0.25, -0.2) is 9.78 Å². The topological polar surface area (TPSA) is 108 Å². The normalized spacial score (nSPS) is 10.6. The Kier molecular flexibility index (Phi) is 7.10. The molecule has 7 nitrogen and oxygen atoms in total. The van der Waals surface area contributed by atoms with E-state index in [2.05, 4.69) is 15.6 Å². The van der Waals surface area contributed by atoms with Crippen molar-refractivity contribution in [3.05, 3.63) is 95.1 Å². The zero-order chi connectivity index (χ0) is 24.1. The molecule has 0 aliphatic heterocycles. The minimum atomic E-state index is -1.10. The molecular weight excluding hydrogens is 474 g/mol. The number of aromatic nitrogens is 1. The number of amides is 2. The molecule has 0 atom stereocenters. The Hall–Kier alpha value is -3.88. The second kappa shape index (κ2) is 10.4. The number of benzene rings is 3. The van der Waals surface area contributed by atoms with Gasteiger partial charge in [0.2, 0.25) is 5.91 Å². The highest BCUT2D eigenvalue weighted by Crippen LogP contribution is 2.26. The molecule has 1 aromatic heterocycles. The summed E-state index contributed by atoms with van der Waals surface area (Å²) < 4.78 is 0. The summed E-state index contributed by atoms with van der Waals surface area (Å²) in [6.45, 7) is 0. The number of fused-ring (bicyclic) bond motifs is 1. The summed E-state index contributed by atoms with van der Waals surface area (Å²) in [5.74, 6) is -1.20. The third-order valence-electron chi connectivity index (χ3n) is 4.84. The van der Waals surface area contributed by atoms with Crippen molar-refractivity contribution < 1.29 is 19.5 Å². The van der Waals surface area contributed by atoms with E-state index in [1.807, 2.05) is 6.07 Å². The van der Waals surface area contributed by atoms with Crippen molar-refractivity contribution >= 4 is 63.4 Å². The van der Waals surface area contributed by atoms with E-state index < -0.39 is 11.9 Å². The number of carboxylic acid groups (broad SMARTS) is 1. The second-order valence-electron chi connectivity index (χ2n) is 7.19. The molecule has 3 aromatic carbocycles. The summed E-state index contributed by atoms with van der Waals surface area (Å²) in [6.07, 6.45) is 1.45. The molecule has 0 aliphatic carbocycles. The van der Waals surface area contributed by atoms with Crippen LogP contribution in [-0.4, -0.2) is 33.6 Å². The van der Waals surface area contributed by atoms with E-state index in [1.54, 1.807) is 60.7 Å². The van der Waals surface area contributed by atoms with Crippen molar-refractivity contribution in [1.82, 2.24) is 4.98 Å². The number of rotatable bonds is 7. The molecule has 0 aliphatic rings. The number of carbonyl (C=O) groups is 3. The number of halogens is 1. The van der Waals surface area contributed by atoms with E-state index in [-0.39, 0.29) is 22.8 Å². The lowest BCUT2D eigenvalue weighted by atomic mass is 9.98. The Bertz CT molecular complexity index is 1390. The first-order valence-electron chi connectivity index (χ1n) is 10.1. The van der Waals surface area contributed by atoms with Gasteiger partial charge in [0.1, 0.15) is 5.82 Å². The number of hydrogen-bond acceptors (Lipinski definition) is 5. The number of nitrogens with one attached hydrogen (secondary N) is 2. The molecule has 9 heteroatoms. The van der Waals surface area contributed by atoms with Crippen molar-refractivity contribution in [3.63, 3.8) is 0 Å². The zero-order valence-corrected chi connectivity index (χ0v) is 19.2. The molecule has 0 saturated carbocycles. The van der Waals surface area contributed by atoms with Crippen LogP contribution >= 0.6 is 23.4 Å². The Morgan fingerprint density at radius 2 is 1.65 bits per heavy atom. The molecule has 3 N–H and O–H groups in total. The second-order valence-corrected chi connectivity index (χ2v) is 8.68. The molecule has 0 saturated heterocycles. The van der Waals surface area contributed by atoms with E-state index in [9.17, 15) is 19.5 Å². The van der Waals surface area contributed by atoms with Gasteiger partial charge in [-0.2, -0.15) is 0 Å². The Morgan fingerprint density at radius 3 is 2.35 bits per heavy atom. The molecule has 2 amide bonds. The Labute approximate surface area is 204 Å². The fourth-order valence-electron chi connectivity index (χ4n) is 3.35. The van der Waals surface area contributed by atoms with E-state index in [0.29, 0.717) is 27.3 Å². The molecule has 1 heterocycles. The monoisotopic (exact) mass is 491 g/mol. The SMILES string of the molecule is O=C(CSc1cccc(NC(=O)c2cccc3cccc(C(=O)O)c23)c1)Nc1ccc(Cl)cn1. The van der Waals surface area contributed by atoms with Gasteiger partial charge in [0.25, 0.3) is 5.91 Å². The lowest BCUT2D eigenvalue weighted by Gasteiger charge is -2.11. The number of carbonyl (C=O) groups excluding carboxylic acids is 2. The maximum absolute atomic E-state index is 13.0. The first-order chi connectivity index (χ1) is 16.4. The highest BCUT2D eigenvalue weighted by molar-refractivity contribution is 8.00. The van der Waals surface area contributed by atoms with Crippen LogP contribution in [-0.2, 0) is 4.79 Å². The molecule has 34 heavy (non-hydrogen) atoms. The maximum atomic E-state index is 13.0. The fourth-order valence-corrected chi connectivity index (χ4v) is 4.21. The number of anilines is 2. The van der Waals surface area contributed by atoms with Crippen molar-refractivity contribution in [2.45, 2.75) is 4.90 Å². The number of pyridine rings is 1. The predicted molar refractivity (Wildman–Crippen MR) is 134 cm³/mol. The smallest absolute Gasteiger partial charge is 0.336 e. The van der Waals surface area contributed by atoms with Gasteiger partial charge in [-0.05, 0) is 47.9 Å². The van der Waals surface area contributed by atoms with Crippen LogP contribution in [0.3, 0.4) is 0 Å². The Morgan fingerprint density at radius 1 is 0.912 bits per heavy atom. The molecule has 0 bridgehead atoms. The quantitative estimate of drug-likeness (QED) is 0.292. The lowest BCUT2D eigenvalue weighted by Crippen LogP contribution is -2.15. The van der Waals surface area contributed by atoms with Gasteiger partial charge in [-0.3, -0.25) is 9.59 Å². The van der Waals surface area contributed by atoms with E-state index in [0.717, 1.165) is 4.90 Å². The van der Waals surface area contributed by atoms with Gasteiger partial charge in [-0.15, -0.1) is 11.8 Å². The maximum Gasteiger partial charge on any atom is 0.336 e. The van der Waals surface area contributed by atoms with Crippen LogP contribution in [0.15, 0.2) is 83.9 Å². The van der Waals surface area contributed by atoms with Gasteiger partial charge in [0.05, 0.1) is 16.3 Å². The third-order valence-corrected chi connectivity index (χ3v) is 6.05. The zero-order valence-electron chi connectivity index (χ0n) is 17.6. The molecule has 0 unspecified atom stereocenters. The van der Waals surface area contributed by atoms with Crippen LogP contribution in [0.25, 0.3) is 10.8 Å². The molecule has 4 rings (SSSR count). The first kappa shape index (κ1) is 23.3. The average molecular weight is 492 g/mol. The van der Waals surface area contributed by atoms with Crippen LogP contribution in [0.2, 0.25) is 5.02 Å². The van der Waals surface area contributed by atoms with E-state index >= 15 is 0 Å². The predicted octanol–water partition coefficient (Wildman–Crippen LogP) is 5.57. The summed E-state index contributed by atoms with van der Waals surface area (Å²) in [7, 11) is 0. The largest absolute Gasteiger partial charge is 0.478 e. The average Bonchev–Trinajstić information content (AvgIpc) is 2.83. The van der Waals surface area contributed by atoms with Gasteiger partial charge in [-0.1, -0.05) is 41.9 Å². The van der Waals surface area contributed by atoms with Crippen LogP contribution in [0.5, 0.6) is 0 Å². The van der Waals surface area contributed by atoms with Crippen molar-refractivity contribution in [1.29, 1.82) is 0 Å². The summed E-state index contributed by atoms with van der Waals surface area (Å²) in [4.78, 5) is 41.7. The number of carboxylic acids is 1. The van der Waals surface area contributed by atoms with Gasteiger partial charge in [0.15, 0.2) is 0 Å². The first-order valence-corrected chi connectivity index (χ1v) is 11.5. The number of aromatic carboxylic acids is 1. The van der Waals surface area contributed by atoms with Crippen molar-refractivity contribution in [3.8, 4) is 0 Å². The minimum Gasteiger partial charge on any atom is -0.478 e. The van der Waals surface area contributed by atoms with Crippen LogP contribution in [0.4, 0.5) is 11.5 Å². The number of nitrogens with zero attached hydrogens (tertiary/aromatic N) is 1. The lowest BCUT2D eigenvalue weighted by molar-refractivity contribution is -0.113. The molecule has 0 fully saturated rings. The molecule has 0 spiro atoms. The summed E-state index contributed by atoms with van der Waals surface area (Å²) in [6, 6.07) is 20.3.